The summed E-state index contributed by atoms with van der Waals surface area (Å²) in [6.07, 6.45) is 2.15. The van der Waals surface area contributed by atoms with Gasteiger partial charge in [0.1, 0.15) is 11.5 Å². The number of ether oxygens (including phenoxy) is 2. The number of aryl methyl sites for hydroxylation is 1. The van der Waals surface area contributed by atoms with E-state index >= 15 is 0 Å². The summed E-state index contributed by atoms with van der Waals surface area (Å²) in [6, 6.07) is 19.2. The summed E-state index contributed by atoms with van der Waals surface area (Å²) in [4.78, 5) is 0. The van der Waals surface area contributed by atoms with Crippen LogP contribution in [0.5, 0.6) is 11.5 Å². The van der Waals surface area contributed by atoms with Crippen molar-refractivity contribution in [3.05, 3.63) is 71.3 Å². The maximum absolute atomic E-state index is 7.20. The summed E-state index contributed by atoms with van der Waals surface area (Å²) in [5.74, 6) is 1.95. The molecule has 1 aliphatic rings. The first kappa shape index (κ1) is 24.8. The molecule has 0 heterocycles. The molecular weight excluding hydrogens is 436 g/mol. The third-order valence-electron chi connectivity index (χ3n) is 7.74. The van der Waals surface area contributed by atoms with Crippen LogP contribution in [0.25, 0.3) is 10.8 Å². The van der Waals surface area contributed by atoms with Gasteiger partial charge in [-0.15, -0.1) is 0 Å². The molecule has 0 saturated heterocycles. The average Bonchev–Trinajstić information content (AvgIpc) is 3.23. The highest BCUT2D eigenvalue weighted by Crippen LogP contribution is 2.47. The van der Waals surface area contributed by atoms with Crippen LogP contribution in [0.2, 0.25) is 16.6 Å². The normalized spacial score (nSPS) is 16.0. The van der Waals surface area contributed by atoms with E-state index in [1.807, 2.05) is 12.1 Å². The van der Waals surface area contributed by atoms with Crippen LogP contribution in [0.3, 0.4) is 0 Å². The Kier molecular flexibility index (Phi) is 7.39. The predicted octanol–water partition coefficient (Wildman–Crippen LogP) is 8.61. The molecular formula is C30H40O3Si. The standard InChI is InChI=1S/C30H40O3Si/c1-20(2)34(21(3)4,22(5)6)33-29-18-24-14-17-28(30(24)27-11-9-8-10-26(27)29)32-19-23-12-15-25(31-7)16-13-23/h8-13,15-16,18,20-22,28H,14,17,19H2,1-7H3. The number of methoxy groups -OCH3 is 1. The summed E-state index contributed by atoms with van der Waals surface area (Å²) in [5, 5.41) is 2.51. The van der Waals surface area contributed by atoms with Crippen molar-refractivity contribution in [3.8, 4) is 11.5 Å². The number of hydrogen-bond acceptors (Lipinski definition) is 3. The van der Waals surface area contributed by atoms with Crippen molar-refractivity contribution in [1.82, 2.24) is 0 Å². The molecule has 3 nitrogen and oxygen atoms in total. The zero-order valence-corrected chi connectivity index (χ0v) is 22.9. The summed E-state index contributed by atoms with van der Waals surface area (Å²) >= 11 is 0. The Hall–Kier alpha value is -2.30. The van der Waals surface area contributed by atoms with Crippen molar-refractivity contribution in [1.29, 1.82) is 0 Å². The van der Waals surface area contributed by atoms with Gasteiger partial charge in [0.2, 0.25) is 0 Å². The third-order valence-corrected chi connectivity index (χ3v) is 13.7. The molecule has 4 rings (SSSR count). The summed E-state index contributed by atoms with van der Waals surface area (Å²) < 4.78 is 19.0. The lowest BCUT2D eigenvalue weighted by molar-refractivity contribution is 0.0419. The second kappa shape index (κ2) is 10.1. The Morgan fingerprint density at radius 3 is 2.06 bits per heavy atom. The minimum atomic E-state index is -2.04. The Bertz CT molecular complexity index is 1100. The lowest BCUT2D eigenvalue weighted by atomic mass is 9.99. The number of benzene rings is 3. The molecule has 0 radical (unpaired) electrons. The molecule has 3 aromatic carbocycles. The van der Waals surface area contributed by atoms with Crippen LogP contribution in [-0.4, -0.2) is 15.4 Å². The maximum Gasteiger partial charge on any atom is 0.258 e. The van der Waals surface area contributed by atoms with Crippen molar-refractivity contribution >= 4 is 19.1 Å². The van der Waals surface area contributed by atoms with Gasteiger partial charge in [0.25, 0.3) is 8.32 Å². The Balaban J connectivity index is 1.68. The van der Waals surface area contributed by atoms with Crippen molar-refractivity contribution in [2.45, 2.75) is 83.7 Å². The Labute approximate surface area is 206 Å². The van der Waals surface area contributed by atoms with Crippen LogP contribution in [0.4, 0.5) is 0 Å². The van der Waals surface area contributed by atoms with Gasteiger partial charge in [0.15, 0.2) is 0 Å². The minimum Gasteiger partial charge on any atom is -0.542 e. The lowest BCUT2D eigenvalue weighted by Gasteiger charge is -2.42. The smallest absolute Gasteiger partial charge is 0.258 e. The van der Waals surface area contributed by atoms with Gasteiger partial charge in [-0.3, -0.25) is 0 Å². The van der Waals surface area contributed by atoms with Crippen LogP contribution in [-0.2, 0) is 17.8 Å². The SMILES string of the molecule is COc1ccc(COC2CCc3cc(O[Si](C(C)C)(C(C)C)C(C)C)c4ccccc4c32)cc1. The Morgan fingerprint density at radius 1 is 0.853 bits per heavy atom. The van der Waals surface area contributed by atoms with Gasteiger partial charge < -0.3 is 13.9 Å². The highest BCUT2D eigenvalue weighted by atomic mass is 28.4. The van der Waals surface area contributed by atoms with Gasteiger partial charge >= 0.3 is 0 Å². The molecule has 0 bridgehead atoms. The first-order valence-electron chi connectivity index (χ1n) is 12.8. The van der Waals surface area contributed by atoms with Crippen molar-refractivity contribution in [3.63, 3.8) is 0 Å². The van der Waals surface area contributed by atoms with Gasteiger partial charge in [0.05, 0.1) is 19.8 Å². The second-order valence-corrected chi connectivity index (χ2v) is 16.0. The summed E-state index contributed by atoms with van der Waals surface area (Å²) in [6.45, 7) is 14.7. The maximum atomic E-state index is 7.20. The molecule has 1 unspecified atom stereocenters. The highest BCUT2D eigenvalue weighted by molar-refractivity contribution is 6.78. The van der Waals surface area contributed by atoms with Crippen molar-refractivity contribution < 1.29 is 13.9 Å². The second-order valence-electron chi connectivity index (χ2n) is 10.6. The van der Waals surface area contributed by atoms with Crippen LogP contribution >= 0.6 is 0 Å². The molecule has 1 aliphatic carbocycles. The predicted molar refractivity (Wildman–Crippen MR) is 144 cm³/mol. The van der Waals surface area contributed by atoms with Crippen LogP contribution in [0.15, 0.2) is 54.6 Å². The number of hydrogen-bond donors (Lipinski definition) is 0. The molecule has 34 heavy (non-hydrogen) atoms. The van der Waals surface area contributed by atoms with E-state index < -0.39 is 8.32 Å². The fraction of sp³-hybridized carbons (Fsp3) is 0.467. The van der Waals surface area contributed by atoms with Gasteiger partial charge in [0, 0.05) is 5.39 Å². The molecule has 0 amide bonds. The fourth-order valence-electron chi connectivity index (χ4n) is 6.15. The topological polar surface area (TPSA) is 27.7 Å². The van der Waals surface area contributed by atoms with E-state index in [-0.39, 0.29) is 6.10 Å². The molecule has 0 fully saturated rings. The van der Waals surface area contributed by atoms with Crippen molar-refractivity contribution in [2.75, 3.05) is 7.11 Å². The van der Waals surface area contributed by atoms with Gasteiger partial charge in [-0.05, 0) is 69.7 Å². The first-order chi connectivity index (χ1) is 16.3. The monoisotopic (exact) mass is 476 g/mol. The summed E-state index contributed by atoms with van der Waals surface area (Å²) in [7, 11) is -0.349. The van der Waals surface area contributed by atoms with Crippen LogP contribution in [0, 0.1) is 0 Å². The van der Waals surface area contributed by atoms with Crippen LogP contribution < -0.4 is 9.16 Å². The van der Waals surface area contributed by atoms with E-state index in [4.69, 9.17) is 13.9 Å². The van der Waals surface area contributed by atoms with Gasteiger partial charge in [-0.1, -0.05) is 77.9 Å². The van der Waals surface area contributed by atoms with E-state index in [1.54, 1.807) is 7.11 Å². The number of rotatable bonds is 9. The third kappa shape index (κ3) is 4.50. The molecule has 0 aliphatic heterocycles. The molecule has 0 spiro atoms. The van der Waals surface area contributed by atoms with E-state index in [2.05, 4.69) is 84.0 Å². The average molecular weight is 477 g/mol. The molecule has 1 atom stereocenters. The quantitative estimate of drug-likeness (QED) is 0.289. The highest BCUT2D eigenvalue weighted by Gasteiger charge is 2.47. The van der Waals surface area contributed by atoms with Gasteiger partial charge in [-0.25, -0.2) is 0 Å². The van der Waals surface area contributed by atoms with E-state index in [1.165, 1.54) is 27.5 Å². The van der Waals surface area contributed by atoms with E-state index in [9.17, 15) is 0 Å². The minimum absolute atomic E-state index is 0.110. The molecule has 0 saturated carbocycles. The van der Waals surface area contributed by atoms with Crippen LogP contribution in [0.1, 0.15) is 70.8 Å². The largest absolute Gasteiger partial charge is 0.542 e. The molecule has 0 N–H and O–H groups in total. The molecule has 0 aromatic heterocycles. The summed E-state index contributed by atoms with van der Waals surface area (Å²) in [5.41, 5.74) is 5.52. The first-order valence-corrected chi connectivity index (χ1v) is 14.9. The molecule has 4 heteroatoms. The van der Waals surface area contributed by atoms with E-state index in [0.717, 1.165) is 24.3 Å². The number of fused-ring (bicyclic) bond motifs is 3. The lowest BCUT2D eigenvalue weighted by Crippen LogP contribution is -2.50. The fourth-order valence-corrected chi connectivity index (χ4v) is 11.4. The molecule has 182 valence electrons. The van der Waals surface area contributed by atoms with Gasteiger partial charge in [-0.2, -0.15) is 0 Å². The molecule has 3 aromatic rings. The zero-order chi connectivity index (χ0) is 24.5. The Morgan fingerprint density at radius 2 is 1.47 bits per heavy atom. The van der Waals surface area contributed by atoms with E-state index in [0.29, 0.717) is 23.2 Å². The zero-order valence-electron chi connectivity index (χ0n) is 21.9. The van der Waals surface area contributed by atoms with Crippen molar-refractivity contribution in [2.24, 2.45) is 0 Å².